The molecule has 0 spiro atoms. The molecule has 156 valence electrons. The average molecular weight is 434 g/mol. The number of nitrogens with zero attached hydrogens (tertiary/aromatic N) is 1. The number of sulfonamides is 1. The van der Waals surface area contributed by atoms with Crippen molar-refractivity contribution in [3.63, 3.8) is 0 Å². The topological polar surface area (TPSA) is 131 Å². The minimum absolute atomic E-state index is 0.158. The number of amidine groups is 1. The Kier molecular flexibility index (Phi) is 5.04. The zero-order valence-electron chi connectivity index (χ0n) is 16.4. The minimum atomic E-state index is -3.71. The molecule has 31 heavy (non-hydrogen) atoms. The molecule has 1 heterocycles. The number of fused-ring (bicyclic) bond motifs is 1. The summed E-state index contributed by atoms with van der Waals surface area (Å²) in [5, 5.41) is 5.76. The molecule has 3 aromatic rings. The van der Waals surface area contributed by atoms with E-state index in [4.69, 9.17) is 5.73 Å². The number of amides is 2. The van der Waals surface area contributed by atoms with E-state index in [-0.39, 0.29) is 16.6 Å². The highest BCUT2D eigenvalue weighted by molar-refractivity contribution is 7.90. The molecule has 1 aliphatic heterocycles. The zero-order valence-corrected chi connectivity index (χ0v) is 17.2. The van der Waals surface area contributed by atoms with Gasteiger partial charge in [-0.2, -0.15) is 8.42 Å². The van der Waals surface area contributed by atoms with E-state index in [2.05, 4.69) is 15.0 Å². The molecule has 0 atom stereocenters. The van der Waals surface area contributed by atoms with E-state index in [0.717, 1.165) is 0 Å². The maximum absolute atomic E-state index is 12.5. The number of hydrogen-bond acceptors (Lipinski definition) is 5. The summed E-state index contributed by atoms with van der Waals surface area (Å²) in [6.45, 7) is 1.74. The highest BCUT2D eigenvalue weighted by Gasteiger charge is 2.28. The highest BCUT2D eigenvalue weighted by atomic mass is 32.2. The molecular formula is C22H18N4O4S. The van der Waals surface area contributed by atoms with Crippen LogP contribution in [0.2, 0.25) is 0 Å². The predicted octanol–water partition coefficient (Wildman–Crippen LogP) is 2.91. The van der Waals surface area contributed by atoms with Gasteiger partial charge in [-0.05, 0) is 67.1 Å². The summed E-state index contributed by atoms with van der Waals surface area (Å²) in [5.41, 5.74) is 8.39. The minimum Gasteiger partial charge on any atom is -0.366 e. The van der Waals surface area contributed by atoms with Crippen molar-refractivity contribution in [1.82, 2.24) is 0 Å². The molecular weight excluding hydrogens is 416 g/mol. The molecule has 0 unspecified atom stereocenters. The second-order valence-corrected chi connectivity index (χ2v) is 8.53. The van der Waals surface area contributed by atoms with Crippen molar-refractivity contribution >= 4 is 39.0 Å². The van der Waals surface area contributed by atoms with Crippen LogP contribution < -0.4 is 16.4 Å². The largest absolute Gasteiger partial charge is 0.366 e. The third kappa shape index (κ3) is 4.03. The van der Waals surface area contributed by atoms with Crippen molar-refractivity contribution in [2.24, 2.45) is 10.1 Å². The lowest BCUT2D eigenvalue weighted by Gasteiger charge is -2.10. The summed E-state index contributed by atoms with van der Waals surface area (Å²) < 4.78 is 28.1. The lowest BCUT2D eigenvalue weighted by Crippen LogP contribution is -2.15. The van der Waals surface area contributed by atoms with Crippen LogP contribution in [0, 0.1) is 6.92 Å². The number of benzene rings is 3. The molecule has 1 aliphatic rings. The van der Waals surface area contributed by atoms with E-state index >= 15 is 0 Å². The molecule has 3 aromatic carbocycles. The summed E-state index contributed by atoms with van der Waals surface area (Å²) >= 11 is 0. The summed E-state index contributed by atoms with van der Waals surface area (Å²) in [4.78, 5) is 24.0. The van der Waals surface area contributed by atoms with Crippen LogP contribution in [-0.4, -0.2) is 26.1 Å². The normalized spacial score (nSPS) is 13.8. The van der Waals surface area contributed by atoms with Gasteiger partial charge in [0, 0.05) is 28.1 Å². The molecule has 4 rings (SSSR count). The van der Waals surface area contributed by atoms with E-state index < -0.39 is 15.9 Å². The number of aryl methyl sites for hydroxylation is 1. The van der Waals surface area contributed by atoms with E-state index in [1.54, 1.807) is 67.6 Å². The number of rotatable bonds is 4. The van der Waals surface area contributed by atoms with Crippen molar-refractivity contribution in [3.8, 4) is 0 Å². The maximum atomic E-state index is 12.5. The monoisotopic (exact) mass is 434 g/mol. The Hall–Kier alpha value is -3.98. The molecule has 0 aromatic heterocycles. The molecule has 0 saturated carbocycles. The van der Waals surface area contributed by atoms with E-state index in [1.165, 1.54) is 6.07 Å². The molecule has 9 heteroatoms. The van der Waals surface area contributed by atoms with Gasteiger partial charge in [0.1, 0.15) is 4.90 Å². The molecule has 0 fully saturated rings. The fourth-order valence-electron chi connectivity index (χ4n) is 3.26. The first-order chi connectivity index (χ1) is 14.7. The van der Waals surface area contributed by atoms with Crippen molar-refractivity contribution in [2.45, 2.75) is 11.8 Å². The Morgan fingerprint density at radius 1 is 0.935 bits per heavy atom. The quantitative estimate of drug-likeness (QED) is 0.581. The second kappa shape index (κ2) is 7.69. The Bertz CT molecular complexity index is 1350. The molecule has 0 saturated heterocycles. The van der Waals surface area contributed by atoms with Crippen LogP contribution in [0.3, 0.4) is 0 Å². The third-order valence-corrected chi connectivity index (χ3v) is 6.13. The first kappa shape index (κ1) is 20.3. The molecule has 0 aliphatic carbocycles. The first-order valence-corrected chi connectivity index (χ1v) is 10.7. The van der Waals surface area contributed by atoms with Gasteiger partial charge in [0.05, 0.1) is 0 Å². The van der Waals surface area contributed by atoms with Crippen LogP contribution >= 0.6 is 0 Å². The predicted molar refractivity (Wildman–Crippen MR) is 118 cm³/mol. The van der Waals surface area contributed by atoms with E-state index in [1.807, 2.05) is 0 Å². The Balaban J connectivity index is 1.48. The number of hydrogen-bond donors (Lipinski definition) is 3. The van der Waals surface area contributed by atoms with Crippen LogP contribution in [0.1, 0.15) is 31.8 Å². The van der Waals surface area contributed by atoms with Gasteiger partial charge in [-0.15, -0.1) is 4.40 Å². The number of carbonyl (C=O) groups excluding carboxylic acids is 2. The molecule has 0 radical (unpaired) electrons. The third-order valence-electron chi connectivity index (χ3n) is 4.79. The SMILES string of the molecule is Cc1cc(NC(=O)c2ccc(NC3=NS(=O)(=O)c4ccccc43)cc2)ccc1C(N)=O. The Labute approximate surface area is 178 Å². The van der Waals surface area contributed by atoms with Crippen molar-refractivity contribution < 1.29 is 18.0 Å². The van der Waals surface area contributed by atoms with E-state index in [0.29, 0.717) is 33.6 Å². The summed E-state index contributed by atoms with van der Waals surface area (Å²) in [7, 11) is -3.71. The van der Waals surface area contributed by atoms with Gasteiger partial charge in [-0.25, -0.2) is 0 Å². The fourth-order valence-corrected chi connectivity index (χ4v) is 4.43. The van der Waals surface area contributed by atoms with Gasteiger partial charge in [0.15, 0.2) is 5.84 Å². The van der Waals surface area contributed by atoms with Gasteiger partial charge in [0.2, 0.25) is 5.91 Å². The van der Waals surface area contributed by atoms with Crippen LogP contribution in [0.4, 0.5) is 11.4 Å². The lowest BCUT2D eigenvalue weighted by atomic mass is 10.1. The first-order valence-electron chi connectivity index (χ1n) is 9.28. The highest BCUT2D eigenvalue weighted by Crippen LogP contribution is 2.26. The van der Waals surface area contributed by atoms with Crippen molar-refractivity contribution in [2.75, 3.05) is 10.6 Å². The van der Waals surface area contributed by atoms with Gasteiger partial charge in [0.25, 0.3) is 15.9 Å². The lowest BCUT2D eigenvalue weighted by molar-refractivity contribution is 0.0997. The Morgan fingerprint density at radius 3 is 2.29 bits per heavy atom. The van der Waals surface area contributed by atoms with Gasteiger partial charge < -0.3 is 16.4 Å². The summed E-state index contributed by atoms with van der Waals surface area (Å²) in [5.74, 6) is -0.623. The number of primary amides is 1. The summed E-state index contributed by atoms with van der Waals surface area (Å²) in [6.07, 6.45) is 0. The molecule has 2 amide bonds. The summed E-state index contributed by atoms with van der Waals surface area (Å²) in [6, 6.07) is 17.9. The number of nitrogens with two attached hydrogens (primary N) is 1. The smallest absolute Gasteiger partial charge is 0.285 e. The molecule has 0 bridgehead atoms. The van der Waals surface area contributed by atoms with Gasteiger partial charge in [-0.1, -0.05) is 12.1 Å². The van der Waals surface area contributed by atoms with Crippen molar-refractivity contribution in [3.05, 3.63) is 89.0 Å². The molecule has 8 nitrogen and oxygen atoms in total. The van der Waals surface area contributed by atoms with Gasteiger partial charge >= 0.3 is 0 Å². The number of carbonyl (C=O) groups is 2. The van der Waals surface area contributed by atoms with Crippen molar-refractivity contribution in [1.29, 1.82) is 0 Å². The molecule has 4 N–H and O–H groups in total. The second-order valence-electron chi connectivity index (χ2n) is 6.96. The van der Waals surface area contributed by atoms with Gasteiger partial charge in [-0.3, -0.25) is 9.59 Å². The zero-order chi connectivity index (χ0) is 22.2. The van der Waals surface area contributed by atoms with Crippen LogP contribution in [0.15, 0.2) is 76.0 Å². The maximum Gasteiger partial charge on any atom is 0.285 e. The fraction of sp³-hybridized carbons (Fsp3) is 0.0455. The van der Waals surface area contributed by atoms with Crippen LogP contribution in [0.5, 0.6) is 0 Å². The average Bonchev–Trinajstić information content (AvgIpc) is 2.98. The van der Waals surface area contributed by atoms with E-state index in [9.17, 15) is 18.0 Å². The standard InChI is InChI=1S/C22H18N4O4S/c1-13-12-16(10-11-17(13)20(23)27)25-22(28)14-6-8-15(9-7-14)24-21-18-4-2-3-5-19(18)31(29,30)26-21/h2-12H,1H3,(H2,23,27)(H,24,26)(H,25,28). The number of nitrogens with one attached hydrogen (secondary N) is 2. The van der Waals surface area contributed by atoms with Crippen LogP contribution in [0.25, 0.3) is 0 Å². The van der Waals surface area contributed by atoms with Crippen LogP contribution in [-0.2, 0) is 10.0 Å². The Morgan fingerprint density at radius 2 is 1.61 bits per heavy atom. The number of anilines is 2.